The van der Waals surface area contributed by atoms with Gasteiger partial charge in [0.1, 0.15) is 0 Å². The van der Waals surface area contributed by atoms with E-state index in [-0.39, 0.29) is 35.9 Å². The molecule has 3 atom stereocenters. The van der Waals surface area contributed by atoms with Crippen LogP contribution in [0, 0.1) is 11.8 Å². The van der Waals surface area contributed by atoms with Gasteiger partial charge in [0.25, 0.3) is 0 Å². The summed E-state index contributed by atoms with van der Waals surface area (Å²) in [6.45, 7) is 12.4. The number of piperidine rings is 1. The van der Waals surface area contributed by atoms with Crippen LogP contribution in [0.25, 0.3) is 0 Å². The molecule has 1 aromatic rings. The number of likely N-dealkylation sites (tertiary alicyclic amines) is 2. The first-order valence-corrected chi connectivity index (χ1v) is 11.5. The van der Waals surface area contributed by atoms with Gasteiger partial charge in [0.2, 0.25) is 5.91 Å². The van der Waals surface area contributed by atoms with Gasteiger partial charge in [0.05, 0.1) is 0 Å². The van der Waals surface area contributed by atoms with Crippen LogP contribution in [0.5, 0.6) is 0 Å². The average Bonchev–Trinajstić information content (AvgIpc) is 3.19. The van der Waals surface area contributed by atoms with Crippen LogP contribution in [0.1, 0.15) is 51.2 Å². The molecule has 0 saturated carbocycles. The van der Waals surface area contributed by atoms with Gasteiger partial charge in [0.15, 0.2) is 5.96 Å². The van der Waals surface area contributed by atoms with E-state index in [1.54, 1.807) is 0 Å². The number of hydrogen-bond acceptors (Lipinski definition) is 3. The van der Waals surface area contributed by atoms with E-state index in [0.717, 1.165) is 50.4 Å². The number of nitrogens with zero attached hydrogens (tertiary/aromatic N) is 3. The number of aliphatic imine (C=N–C) groups is 1. The average molecular weight is 542 g/mol. The molecule has 0 aromatic heterocycles. The van der Waals surface area contributed by atoms with Gasteiger partial charge in [-0.25, -0.2) is 0 Å². The molecule has 7 heteroatoms. The number of hydrogen-bond donors (Lipinski definition) is 2. The highest BCUT2D eigenvalue weighted by Crippen LogP contribution is 2.23. The molecule has 174 valence electrons. The van der Waals surface area contributed by atoms with Crippen molar-refractivity contribution in [2.24, 2.45) is 16.8 Å². The summed E-state index contributed by atoms with van der Waals surface area (Å²) in [7, 11) is 1.81. The summed E-state index contributed by atoms with van der Waals surface area (Å²) in [6, 6.07) is 8.98. The van der Waals surface area contributed by atoms with Crippen LogP contribution in [0.2, 0.25) is 0 Å². The predicted octanol–water partition coefficient (Wildman–Crippen LogP) is 3.46. The van der Waals surface area contributed by atoms with Crippen molar-refractivity contribution >= 4 is 35.8 Å². The lowest BCUT2D eigenvalue weighted by atomic mass is 9.91. The Labute approximate surface area is 205 Å². The van der Waals surface area contributed by atoms with Crippen LogP contribution in [-0.2, 0) is 17.9 Å². The standard InChI is InChI=1S/C24H39N5O.HI/c1-5-23(30)29-11-10-22(17-29)27-24(25-4)26-13-20-8-6-7-9-21(20)16-28-14-18(2)12-19(3)15-28;/h6-9,18-19,22H,5,10-17H2,1-4H3,(H2,25,26,27);1H. The summed E-state index contributed by atoms with van der Waals surface area (Å²) < 4.78 is 0. The summed E-state index contributed by atoms with van der Waals surface area (Å²) in [5, 5.41) is 6.97. The second-order valence-corrected chi connectivity index (χ2v) is 9.16. The summed E-state index contributed by atoms with van der Waals surface area (Å²) in [5.74, 6) is 2.58. The molecule has 0 aliphatic carbocycles. The van der Waals surface area contributed by atoms with Crippen LogP contribution in [0.15, 0.2) is 29.3 Å². The van der Waals surface area contributed by atoms with Crippen LogP contribution >= 0.6 is 24.0 Å². The molecule has 1 amide bonds. The first kappa shape index (κ1) is 25.9. The van der Waals surface area contributed by atoms with Crippen molar-refractivity contribution in [1.82, 2.24) is 20.4 Å². The lowest BCUT2D eigenvalue weighted by Crippen LogP contribution is -2.44. The molecule has 2 heterocycles. The number of rotatable bonds is 6. The zero-order chi connectivity index (χ0) is 21.5. The Bertz CT molecular complexity index is 730. The smallest absolute Gasteiger partial charge is 0.222 e. The second-order valence-electron chi connectivity index (χ2n) is 9.16. The second kappa shape index (κ2) is 12.6. The third kappa shape index (κ3) is 7.63. The number of amides is 1. The molecular weight excluding hydrogens is 501 g/mol. The number of carbonyl (C=O) groups is 1. The van der Waals surface area contributed by atoms with Gasteiger partial charge >= 0.3 is 0 Å². The maximum atomic E-state index is 11.9. The Kier molecular flexibility index (Phi) is 10.6. The van der Waals surface area contributed by atoms with Gasteiger partial charge in [-0.2, -0.15) is 0 Å². The fourth-order valence-corrected chi connectivity index (χ4v) is 4.94. The zero-order valence-corrected chi connectivity index (χ0v) is 21.9. The van der Waals surface area contributed by atoms with Gasteiger partial charge in [-0.05, 0) is 35.8 Å². The van der Waals surface area contributed by atoms with Crippen molar-refractivity contribution in [3.8, 4) is 0 Å². The predicted molar refractivity (Wildman–Crippen MR) is 139 cm³/mol. The Morgan fingerprint density at radius 3 is 2.45 bits per heavy atom. The van der Waals surface area contributed by atoms with E-state index in [2.05, 4.69) is 58.6 Å². The van der Waals surface area contributed by atoms with E-state index < -0.39 is 0 Å². The monoisotopic (exact) mass is 541 g/mol. The minimum atomic E-state index is 0. The van der Waals surface area contributed by atoms with Crippen molar-refractivity contribution in [1.29, 1.82) is 0 Å². The van der Waals surface area contributed by atoms with Gasteiger partial charge in [-0.15, -0.1) is 24.0 Å². The van der Waals surface area contributed by atoms with Crippen molar-refractivity contribution in [2.45, 2.75) is 59.2 Å². The Morgan fingerprint density at radius 1 is 1.13 bits per heavy atom. The van der Waals surface area contributed by atoms with E-state index in [0.29, 0.717) is 6.42 Å². The fourth-order valence-electron chi connectivity index (χ4n) is 4.94. The topological polar surface area (TPSA) is 60.0 Å². The molecular formula is C24H40IN5O. The maximum Gasteiger partial charge on any atom is 0.222 e. The number of carbonyl (C=O) groups excluding carboxylic acids is 1. The SMILES string of the molecule is CCC(=O)N1CCC(NC(=NC)NCc2ccccc2CN2CC(C)CC(C)C2)C1.I. The highest BCUT2D eigenvalue weighted by atomic mass is 127. The third-order valence-corrected chi connectivity index (χ3v) is 6.31. The summed E-state index contributed by atoms with van der Waals surface area (Å²) in [5.41, 5.74) is 2.71. The third-order valence-electron chi connectivity index (χ3n) is 6.31. The van der Waals surface area contributed by atoms with Gasteiger partial charge < -0.3 is 15.5 Å². The zero-order valence-electron chi connectivity index (χ0n) is 19.6. The van der Waals surface area contributed by atoms with Crippen molar-refractivity contribution < 1.29 is 4.79 Å². The first-order chi connectivity index (χ1) is 14.5. The lowest BCUT2D eigenvalue weighted by molar-refractivity contribution is -0.129. The number of guanidine groups is 1. The van der Waals surface area contributed by atoms with E-state index in [4.69, 9.17) is 0 Å². The van der Waals surface area contributed by atoms with E-state index in [9.17, 15) is 4.79 Å². The number of halogens is 1. The van der Waals surface area contributed by atoms with Crippen LogP contribution < -0.4 is 10.6 Å². The van der Waals surface area contributed by atoms with Gasteiger partial charge in [-0.1, -0.05) is 45.0 Å². The molecule has 31 heavy (non-hydrogen) atoms. The van der Waals surface area contributed by atoms with E-state index in [1.807, 2.05) is 18.9 Å². The Morgan fingerprint density at radius 2 is 1.81 bits per heavy atom. The molecule has 0 spiro atoms. The quantitative estimate of drug-likeness (QED) is 0.329. The van der Waals surface area contributed by atoms with Gasteiger partial charge in [-0.3, -0.25) is 14.7 Å². The number of nitrogens with one attached hydrogen (secondary N) is 2. The molecule has 3 unspecified atom stereocenters. The highest BCUT2D eigenvalue weighted by Gasteiger charge is 2.26. The molecule has 3 rings (SSSR count). The molecule has 2 fully saturated rings. The lowest BCUT2D eigenvalue weighted by Gasteiger charge is -2.35. The largest absolute Gasteiger partial charge is 0.352 e. The van der Waals surface area contributed by atoms with E-state index >= 15 is 0 Å². The molecule has 0 bridgehead atoms. The Hall–Kier alpha value is -1.35. The molecule has 2 saturated heterocycles. The van der Waals surface area contributed by atoms with Crippen molar-refractivity contribution in [2.75, 3.05) is 33.2 Å². The molecule has 1 aromatic carbocycles. The van der Waals surface area contributed by atoms with Crippen molar-refractivity contribution in [3.63, 3.8) is 0 Å². The molecule has 2 N–H and O–H groups in total. The Balaban J connectivity index is 0.00000341. The summed E-state index contributed by atoms with van der Waals surface area (Å²) >= 11 is 0. The molecule has 2 aliphatic rings. The van der Waals surface area contributed by atoms with Crippen LogP contribution in [-0.4, -0.2) is 60.9 Å². The number of benzene rings is 1. The minimum Gasteiger partial charge on any atom is -0.352 e. The summed E-state index contributed by atoms with van der Waals surface area (Å²) in [6.07, 6.45) is 2.88. The van der Waals surface area contributed by atoms with Crippen LogP contribution in [0.4, 0.5) is 0 Å². The highest BCUT2D eigenvalue weighted by molar-refractivity contribution is 14.0. The van der Waals surface area contributed by atoms with Crippen molar-refractivity contribution in [3.05, 3.63) is 35.4 Å². The first-order valence-electron chi connectivity index (χ1n) is 11.5. The fraction of sp³-hybridized carbons (Fsp3) is 0.667. The molecule has 6 nitrogen and oxygen atoms in total. The van der Waals surface area contributed by atoms with Crippen LogP contribution in [0.3, 0.4) is 0 Å². The maximum absolute atomic E-state index is 11.9. The van der Waals surface area contributed by atoms with E-state index in [1.165, 1.54) is 30.6 Å². The summed E-state index contributed by atoms with van der Waals surface area (Å²) in [4.78, 5) is 20.9. The van der Waals surface area contributed by atoms with Gasteiger partial charge in [0, 0.05) is 58.8 Å². The molecule has 2 aliphatic heterocycles. The minimum absolute atomic E-state index is 0. The normalized spacial score (nSPS) is 24.6. The molecule has 0 radical (unpaired) electrons.